The van der Waals surface area contributed by atoms with E-state index in [4.69, 9.17) is 0 Å². The van der Waals surface area contributed by atoms with E-state index in [0.717, 1.165) is 12.8 Å². The van der Waals surface area contributed by atoms with Crippen LogP contribution in [-0.2, 0) is 4.79 Å². The average molecular weight is 293 g/mol. The maximum atomic E-state index is 11.6. The minimum absolute atomic E-state index is 0.0674. The van der Waals surface area contributed by atoms with Gasteiger partial charge in [0, 0.05) is 5.56 Å². The Morgan fingerprint density at radius 1 is 1.52 bits per heavy atom. The predicted octanol–water partition coefficient (Wildman–Crippen LogP) is 2.74. The Kier molecular flexibility index (Phi) is 4.11. The number of aliphatic carboxylic acids is 1. The van der Waals surface area contributed by atoms with E-state index in [1.54, 1.807) is 6.92 Å². The van der Waals surface area contributed by atoms with Gasteiger partial charge in [-0.05, 0) is 44.6 Å². The summed E-state index contributed by atoms with van der Waals surface area (Å²) in [6.45, 7) is 3.72. The van der Waals surface area contributed by atoms with E-state index >= 15 is 0 Å². The third-order valence-corrected chi connectivity index (χ3v) is 4.18. The molecule has 1 aromatic heterocycles. The number of aromatic nitrogens is 1. The number of rotatable bonds is 4. The van der Waals surface area contributed by atoms with Crippen molar-refractivity contribution >= 4 is 17.5 Å². The lowest BCUT2D eigenvalue weighted by molar-refractivity contribution is -0.385. The molecule has 1 heterocycles. The molecule has 114 valence electrons. The first kappa shape index (κ1) is 15.2. The Bertz CT molecular complexity index is 565. The van der Waals surface area contributed by atoms with Crippen LogP contribution in [0.3, 0.4) is 0 Å². The first-order chi connectivity index (χ1) is 9.84. The van der Waals surface area contributed by atoms with Gasteiger partial charge in [-0.2, -0.15) is 0 Å². The number of hydrogen-bond acceptors (Lipinski definition) is 5. The van der Waals surface area contributed by atoms with Crippen LogP contribution >= 0.6 is 0 Å². The van der Waals surface area contributed by atoms with Crippen LogP contribution in [0.25, 0.3) is 0 Å². The van der Waals surface area contributed by atoms with E-state index in [-0.39, 0.29) is 5.69 Å². The largest absolute Gasteiger partial charge is 0.480 e. The molecular weight excluding hydrogens is 274 g/mol. The topological polar surface area (TPSA) is 105 Å². The highest BCUT2D eigenvalue weighted by atomic mass is 16.6. The number of aryl methyl sites for hydroxylation is 1. The van der Waals surface area contributed by atoms with Crippen molar-refractivity contribution < 1.29 is 14.8 Å². The fourth-order valence-corrected chi connectivity index (χ4v) is 2.70. The van der Waals surface area contributed by atoms with Gasteiger partial charge in [-0.25, -0.2) is 9.78 Å². The minimum Gasteiger partial charge on any atom is -0.480 e. The Labute approximate surface area is 122 Å². The van der Waals surface area contributed by atoms with Gasteiger partial charge in [-0.1, -0.05) is 6.92 Å². The lowest BCUT2D eigenvalue weighted by Gasteiger charge is -2.36. The summed E-state index contributed by atoms with van der Waals surface area (Å²) in [5, 5.41) is 23.3. The fraction of sp³-hybridized carbons (Fsp3) is 0.571. The molecule has 0 spiro atoms. The maximum Gasteiger partial charge on any atom is 0.329 e. The quantitative estimate of drug-likeness (QED) is 0.653. The lowest BCUT2D eigenvalue weighted by Crippen LogP contribution is -2.49. The molecule has 1 aliphatic rings. The lowest BCUT2D eigenvalue weighted by atomic mass is 9.77. The van der Waals surface area contributed by atoms with E-state index in [1.807, 2.05) is 0 Å². The highest BCUT2D eigenvalue weighted by molar-refractivity contribution is 5.82. The molecule has 0 bridgehead atoms. The van der Waals surface area contributed by atoms with E-state index < -0.39 is 16.4 Å². The number of nitrogens with zero attached hydrogens (tertiary/aromatic N) is 2. The van der Waals surface area contributed by atoms with Crippen LogP contribution < -0.4 is 5.32 Å². The highest BCUT2D eigenvalue weighted by Gasteiger charge is 2.41. The van der Waals surface area contributed by atoms with Crippen LogP contribution in [0.5, 0.6) is 0 Å². The van der Waals surface area contributed by atoms with Crippen molar-refractivity contribution in [2.45, 2.75) is 45.1 Å². The van der Waals surface area contributed by atoms with Crippen LogP contribution in [0.1, 0.15) is 38.2 Å². The maximum absolute atomic E-state index is 11.6. The molecular formula is C14H19N3O4. The Morgan fingerprint density at radius 2 is 2.14 bits per heavy atom. The van der Waals surface area contributed by atoms with Crippen molar-refractivity contribution in [1.82, 2.24) is 4.98 Å². The van der Waals surface area contributed by atoms with E-state index in [9.17, 15) is 20.0 Å². The summed E-state index contributed by atoms with van der Waals surface area (Å²) >= 11 is 0. The molecule has 7 heteroatoms. The monoisotopic (exact) mass is 293 g/mol. The second-order valence-electron chi connectivity index (χ2n) is 5.81. The smallest absolute Gasteiger partial charge is 0.329 e. The minimum atomic E-state index is -1.03. The second-order valence-corrected chi connectivity index (χ2v) is 5.81. The van der Waals surface area contributed by atoms with Crippen molar-refractivity contribution in [3.8, 4) is 0 Å². The SMILES string of the molecule is Cc1cc(NC2(C(=O)O)CCC(C)CC2)ncc1[N+](=O)[O-]. The highest BCUT2D eigenvalue weighted by Crippen LogP contribution is 2.35. The summed E-state index contributed by atoms with van der Waals surface area (Å²) in [5.41, 5.74) is -0.633. The Morgan fingerprint density at radius 3 is 2.62 bits per heavy atom. The zero-order valence-corrected chi connectivity index (χ0v) is 12.1. The number of carboxylic acid groups (broad SMARTS) is 1. The average Bonchev–Trinajstić information content (AvgIpc) is 2.41. The normalized spacial score (nSPS) is 25.3. The van der Waals surface area contributed by atoms with Gasteiger partial charge >= 0.3 is 5.97 Å². The van der Waals surface area contributed by atoms with Gasteiger partial charge in [-0.15, -0.1) is 0 Å². The van der Waals surface area contributed by atoms with Crippen molar-refractivity contribution in [2.75, 3.05) is 5.32 Å². The number of anilines is 1. The van der Waals surface area contributed by atoms with Gasteiger partial charge in [0.1, 0.15) is 17.6 Å². The first-order valence-corrected chi connectivity index (χ1v) is 6.97. The molecule has 0 radical (unpaired) electrons. The number of pyridine rings is 1. The van der Waals surface area contributed by atoms with Gasteiger partial charge in [0.05, 0.1) is 4.92 Å². The van der Waals surface area contributed by atoms with Crippen LogP contribution in [0.4, 0.5) is 11.5 Å². The molecule has 0 amide bonds. The van der Waals surface area contributed by atoms with Crippen LogP contribution in [0, 0.1) is 23.0 Å². The van der Waals surface area contributed by atoms with E-state index in [0.29, 0.717) is 30.1 Å². The zero-order valence-electron chi connectivity index (χ0n) is 12.1. The Balaban J connectivity index is 2.24. The summed E-state index contributed by atoms with van der Waals surface area (Å²) in [7, 11) is 0. The molecule has 0 aromatic carbocycles. The van der Waals surface area contributed by atoms with Crippen LogP contribution in [-0.4, -0.2) is 26.5 Å². The summed E-state index contributed by atoms with van der Waals surface area (Å²) in [5.74, 6) is -0.00640. The van der Waals surface area contributed by atoms with Crippen molar-refractivity contribution in [2.24, 2.45) is 5.92 Å². The molecule has 1 aliphatic carbocycles. The molecule has 1 fully saturated rings. The second kappa shape index (κ2) is 5.67. The van der Waals surface area contributed by atoms with Gasteiger partial charge < -0.3 is 10.4 Å². The molecule has 1 aromatic rings. The Hall–Kier alpha value is -2.18. The zero-order chi connectivity index (χ0) is 15.6. The van der Waals surface area contributed by atoms with Crippen molar-refractivity contribution in [3.05, 3.63) is 27.9 Å². The number of nitrogens with one attached hydrogen (secondary N) is 1. The molecule has 2 N–H and O–H groups in total. The van der Waals surface area contributed by atoms with E-state index in [1.165, 1.54) is 12.3 Å². The van der Waals surface area contributed by atoms with Gasteiger partial charge in [-0.3, -0.25) is 10.1 Å². The summed E-state index contributed by atoms with van der Waals surface area (Å²) in [6, 6.07) is 1.53. The van der Waals surface area contributed by atoms with Crippen LogP contribution in [0.2, 0.25) is 0 Å². The van der Waals surface area contributed by atoms with Crippen molar-refractivity contribution in [1.29, 1.82) is 0 Å². The fourth-order valence-electron chi connectivity index (χ4n) is 2.70. The van der Waals surface area contributed by atoms with Gasteiger partial charge in [0.15, 0.2) is 0 Å². The van der Waals surface area contributed by atoms with Crippen LogP contribution in [0.15, 0.2) is 12.3 Å². The molecule has 0 unspecified atom stereocenters. The van der Waals surface area contributed by atoms with Crippen molar-refractivity contribution in [3.63, 3.8) is 0 Å². The number of carboxylic acids is 1. The molecule has 2 rings (SSSR count). The standard InChI is InChI=1S/C14H19N3O4/c1-9-3-5-14(6-4-9,13(18)19)16-12-7-10(2)11(8-15-12)17(20)21/h7-9H,3-6H2,1-2H3,(H,15,16)(H,18,19). The van der Waals surface area contributed by atoms with Gasteiger partial charge in [0.2, 0.25) is 0 Å². The molecule has 0 saturated heterocycles. The number of hydrogen-bond donors (Lipinski definition) is 2. The summed E-state index contributed by atoms with van der Waals surface area (Å²) in [6.07, 6.45) is 3.90. The third kappa shape index (κ3) is 3.12. The predicted molar refractivity (Wildman–Crippen MR) is 77.2 cm³/mol. The molecule has 0 aliphatic heterocycles. The van der Waals surface area contributed by atoms with Gasteiger partial charge in [0.25, 0.3) is 5.69 Å². The molecule has 7 nitrogen and oxygen atoms in total. The first-order valence-electron chi connectivity index (χ1n) is 6.97. The summed E-state index contributed by atoms with van der Waals surface area (Å²) in [4.78, 5) is 25.9. The number of carbonyl (C=O) groups is 1. The summed E-state index contributed by atoms with van der Waals surface area (Å²) < 4.78 is 0. The molecule has 21 heavy (non-hydrogen) atoms. The third-order valence-electron chi connectivity index (χ3n) is 4.18. The molecule has 1 saturated carbocycles. The van der Waals surface area contributed by atoms with E-state index in [2.05, 4.69) is 17.2 Å². The molecule has 0 atom stereocenters. The number of nitro groups is 1.